The lowest BCUT2D eigenvalue weighted by atomic mass is 9.99. The van der Waals surface area contributed by atoms with Gasteiger partial charge in [0.25, 0.3) is 0 Å². The van der Waals surface area contributed by atoms with Gasteiger partial charge in [-0.2, -0.15) is 0 Å². The minimum atomic E-state index is -0.0378. The van der Waals surface area contributed by atoms with Gasteiger partial charge in [-0.25, -0.2) is 0 Å². The molecule has 21 heavy (non-hydrogen) atoms. The molecule has 2 nitrogen and oxygen atoms in total. The molecule has 0 radical (unpaired) electrons. The Bertz CT molecular complexity index is 206. The van der Waals surface area contributed by atoms with E-state index < -0.39 is 0 Å². The van der Waals surface area contributed by atoms with Gasteiger partial charge in [0.1, 0.15) is 0 Å². The van der Waals surface area contributed by atoms with E-state index in [-0.39, 0.29) is 4.65 Å². The van der Waals surface area contributed by atoms with E-state index in [0.717, 1.165) is 13.1 Å². The van der Waals surface area contributed by atoms with Crippen molar-refractivity contribution in [1.29, 1.82) is 0 Å². The molecule has 0 heterocycles. The van der Waals surface area contributed by atoms with Gasteiger partial charge in [-0.1, -0.05) is 79.1 Å². The first-order chi connectivity index (χ1) is 9.91. The van der Waals surface area contributed by atoms with Crippen LogP contribution in [-0.2, 0) is 0 Å². The van der Waals surface area contributed by atoms with Crippen molar-refractivity contribution in [2.24, 2.45) is 11.8 Å². The van der Waals surface area contributed by atoms with E-state index in [1.165, 1.54) is 64.2 Å². The zero-order valence-corrected chi connectivity index (χ0v) is 15.5. The summed E-state index contributed by atoms with van der Waals surface area (Å²) in [5.41, 5.74) is 0. The van der Waals surface area contributed by atoms with E-state index in [2.05, 4.69) is 27.7 Å². The third-order valence-electron chi connectivity index (χ3n) is 4.50. The molecule has 0 saturated heterocycles. The first kappa shape index (κ1) is 20.9. The SMILES string of the molecule is CCCCCCC(C)C[N+](C)([O-])CC(C)CCCCCC. The molecule has 0 fully saturated rings. The van der Waals surface area contributed by atoms with Gasteiger partial charge in [-0.3, -0.25) is 0 Å². The van der Waals surface area contributed by atoms with Crippen molar-refractivity contribution in [3.8, 4) is 0 Å². The summed E-state index contributed by atoms with van der Waals surface area (Å²) < 4.78 is -0.0378. The molecule has 0 aliphatic heterocycles. The maximum atomic E-state index is 12.6. The lowest BCUT2D eigenvalue weighted by Gasteiger charge is -2.42. The largest absolute Gasteiger partial charge is 0.633 e. The first-order valence-electron chi connectivity index (χ1n) is 9.46. The number of hydroxylamine groups is 3. The molecule has 0 rings (SSSR count). The van der Waals surface area contributed by atoms with E-state index >= 15 is 0 Å². The number of rotatable bonds is 14. The van der Waals surface area contributed by atoms with E-state index in [1.807, 2.05) is 7.05 Å². The smallest absolute Gasteiger partial charge is 0.0807 e. The topological polar surface area (TPSA) is 23.1 Å². The molecule has 0 aromatic carbocycles. The van der Waals surface area contributed by atoms with Gasteiger partial charge in [-0.05, 0) is 12.8 Å². The van der Waals surface area contributed by atoms with Crippen LogP contribution in [0.5, 0.6) is 0 Å². The van der Waals surface area contributed by atoms with Crippen molar-refractivity contribution in [2.75, 3.05) is 20.1 Å². The zero-order chi connectivity index (χ0) is 16.1. The summed E-state index contributed by atoms with van der Waals surface area (Å²) in [6.07, 6.45) is 13.0. The Morgan fingerprint density at radius 3 is 1.43 bits per heavy atom. The molecule has 0 N–H and O–H groups in total. The lowest BCUT2D eigenvalue weighted by molar-refractivity contribution is -0.867. The number of quaternary nitrogens is 1. The summed E-state index contributed by atoms with van der Waals surface area (Å²) in [7, 11) is 1.88. The average Bonchev–Trinajstić information content (AvgIpc) is 2.38. The molecule has 0 aliphatic rings. The average molecular weight is 300 g/mol. The number of unbranched alkanes of at least 4 members (excludes halogenated alkanes) is 6. The Morgan fingerprint density at radius 2 is 1.10 bits per heavy atom. The number of hydrogen-bond acceptors (Lipinski definition) is 1. The minimum absolute atomic E-state index is 0.0378. The second kappa shape index (κ2) is 12.5. The van der Waals surface area contributed by atoms with Crippen molar-refractivity contribution in [3.63, 3.8) is 0 Å². The van der Waals surface area contributed by atoms with E-state index in [9.17, 15) is 5.21 Å². The van der Waals surface area contributed by atoms with Gasteiger partial charge in [0.2, 0.25) is 0 Å². The molecule has 0 aromatic rings. The van der Waals surface area contributed by atoms with Crippen molar-refractivity contribution in [1.82, 2.24) is 0 Å². The fourth-order valence-corrected chi connectivity index (χ4v) is 3.41. The van der Waals surface area contributed by atoms with Crippen LogP contribution in [0.2, 0.25) is 0 Å². The highest BCUT2D eigenvalue weighted by molar-refractivity contribution is 4.58. The Morgan fingerprint density at radius 1 is 0.714 bits per heavy atom. The maximum absolute atomic E-state index is 12.6. The number of hydrogen-bond donors (Lipinski definition) is 0. The molecular weight excluding hydrogens is 258 g/mol. The standard InChI is InChI=1S/C19H41NO/c1-6-8-10-12-14-18(3)16-20(5,21)17-19(4)15-13-11-9-7-2/h18-19H,6-17H2,1-5H3. The fourth-order valence-electron chi connectivity index (χ4n) is 3.41. The van der Waals surface area contributed by atoms with Gasteiger partial charge in [0, 0.05) is 11.8 Å². The molecule has 0 spiro atoms. The van der Waals surface area contributed by atoms with Crippen LogP contribution in [0.4, 0.5) is 0 Å². The summed E-state index contributed by atoms with van der Waals surface area (Å²) in [6, 6.07) is 0. The normalized spacial score (nSPS) is 17.4. The van der Waals surface area contributed by atoms with Gasteiger partial charge in [0.05, 0.1) is 20.1 Å². The van der Waals surface area contributed by atoms with Gasteiger partial charge in [0.15, 0.2) is 0 Å². The Balaban J connectivity index is 3.83. The fraction of sp³-hybridized carbons (Fsp3) is 1.00. The Hall–Kier alpha value is -0.0800. The molecule has 2 atom stereocenters. The van der Waals surface area contributed by atoms with Crippen molar-refractivity contribution < 1.29 is 4.65 Å². The summed E-state index contributed by atoms with van der Waals surface area (Å²) in [6.45, 7) is 10.6. The Kier molecular flexibility index (Phi) is 12.4. The van der Waals surface area contributed by atoms with Gasteiger partial charge in [-0.15, -0.1) is 0 Å². The molecular formula is C19H41NO. The summed E-state index contributed by atoms with van der Waals surface area (Å²) in [5.74, 6) is 1.13. The van der Waals surface area contributed by atoms with Crippen LogP contribution in [0, 0.1) is 17.0 Å². The highest BCUT2D eigenvalue weighted by Gasteiger charge is 2.18. The van der Waals surface area contributed by atoms with Crippen LogP contribution in [-0.4, -0.2) is 24.8 Å². The van der Waals surface area contributed by atoms with E-state index in [0.29, 0.717) is 11.8 Å². The molecule has 2 heteroatoms. The van der Waals surface area contributed by atoms with Crippen molar-refractivity contribution >= 4 is 0 Å². The van der Waals surface area contributed by atoms with Gasteiger partial charge >= 0.3 is 0 Å². The predicted molar refractivity (Wildman–Crippen MR) is 95.1 cm³/mol. The van der Waals surface area contributed by atoms with E-state index in [1.54, 1.807) is 0 Å². The quantitative estimate of drug-likeness (QED) is 0.214. The monoisotopic (exact) mass is 299 g/mol. The highest BCUT2D eigenvalue weighted by Crippen LogP contribution is 2.19. The lowest BCUT2D eigenvalue weighted by Crippen LogP contribution is -2.44. The summed E-state index contributed by atoms with van der Waals surface area (Å²) in [4.78, 5) is 0. The molecule has 0 bridgehead atoms. The summed E-state index contributed by atoms with van der Waals surface area (Å²) >= 11 is 0. The van der Waals surface area contributed by atoms with Crippen LogP contribution < -0.4 is 0 Å². The third kappa shape index (κ3) is 13.3. The van der Waals surface area contributed by atoms with Crippen LogP contribution in [0.15, 0.2) is 0 Å². The zero-order valence-electron chi connectivity index (χ0n) is 15.5. The first-order valence-corrected chi connectivity index (χ1v) is 9.46. The summed E-state index contributed by atoms with van der Waals surface area (Å²) in [5, 5.41) is 12.6. The van der Waals surface area contributed by atoms with Crippen molar-refractivity contribution in [2.45, 2.75) is 91.9 Å². The van der Waals surface area contributed by atoms with Crippen molar-refractivity contribution in [3.05, 3.63) is 5.21 Å². The maximum Gasteiger partial charge on any atom is 0.0807 e. The molecule has 0 saturated carbocycles. The second-order valence-corrected chi connectivity index (χ2v) is 7.57. The molecule has 2 unspecified atom stereocenters. The van der Waals surface area contributed by atoms with Gasteiger partial charge < -0.3 is 9.85 Å². The minimum Gasteiger partial charge on any atom is -0.633 e. The number of nitrogens with zero attached hydrogens (tertiary/aromatic N) is 1. The van der Waals surface area contributed by atoms with Crippen LogP contribution in [0.25, 0.3) is 0 Å². The predicted octanol–water partition coefficient (Wildman–Crippen LogP) is 6.14. The highest BCUT2D eigenvalue weighted by atomic mass is 16.5. The second-order valence-electron chi connectivity index (χ2n) is 7.57. The third-order valence-corrected chi connectivity index (χ3v) is 4.50. The van der Waals surface area contributed by atoms with Crippen LogP contribution in [0.1, 0.15) is 91.9 Å². The Labute approximate surface area is 134 Å². The molecule has 0 aromatic heterocycles. The van der Waals surface area contributed by atoms with E-state index in [4.69, 9.17) is 0 Å². The van der Waals surface area contributed by atoms with Crippen LogP contribution >= 0.6 is 0 Å². The molecule has 0 aliphatic carbocycles. The van der Waals surface area contributed by atoms with Crippen LogP contribution in [0.3, 0.4) is 0 Å². The molecule has 128 valence electrons. The molecule has 0 amide bonds.